The molecule has 0 atom stereocenters. The predicted molar refractivity (Wildman–Crippen MR) is 34.6 cm³/mol. The van der Waals surface area contributed by atoms with E-state index < -0.39 is 5.91 Å². The number of nitrogens with zero attached hydrogens (tertiary/aromatic N) is 3. The first kappa shape index (κ1) is 7.09. The van der Waals surface area contributed by atoms with Crippen molar-refractivity contribution in [1.82, 2.24) is 0 Å². The summed E-state index contributed by atoms with van der Waals surface area (Å²) >= 11 is 0. The average Bonchev–Trinajstić information content (AvgIpc) is 2.38. The van der Waals surface area contributed by atoms with E-state index in [0.717, 1.165) is 0 Å². The first-order valence-electron chi connectivity index (χ1n) is 2.66. The van der Waals surface area contributed by atoms with Crippen molar-refractivity contribution in [2.45, 2.75) is 0 Å². The Morgan fingerprint density at radius 1 is 1.50 bits per heavy atom. The minimum Gasteiger partial charge on any atom is -0.292 e. The Morgan fingerprint density at radius 2 is 2.10 bits per heavy atom. The van der Waals surface area contributed by atoms with Gasteiger partial charge < -0.3 is 0 Å². The molecule has 1 saturated carbocycles. The SMILES string of the molecule is [N-]=[N+]=NC(=O)[C]1[CH][CH][CH][CH]1. The molecule has 4 heteroatoms. The molecule has 0 unspecified atom stereocenters. The topological polar surface area (TPSA) is 65.8 Å². The van der Waals surface area contributed by atoms with Crippen LogP contribution in [0.2, 0.25) is 0 Å². The summed E-state index contributed by atoms with van der Waals surface area (Å²) in [5, 5.41) is 2.91. The predicted octanol–water partition coefficient (Wildman–Crippen LogP) is 1.23. The van der Waals surface area contributed by atoms with E-state index >= 15 is 0 Å². The second-order valence-corrected chi connectivity index (χ2v) is 1.67. The van der Waals surface area contributed by atoms with Gasteiger partial charge in [0.15, 0.2) is 0 Å². The molecule has 10 heavy (non-hydrogen) atoms. The van der Waals surface area contributed by atoms with E-state index in [0.29, 0.717) is 5.92 Å². The van der Waals surface area contributed by atoms with Crippen molar-refractivity contribution >= 4 is 5.91 Å². The largest absolute Gasteiger partial charge is 0.292 e. The highest BCUT2D eigenvalue weighted by Crippen LogP contribution is 2.23. The third-order valence-electron chi connectivity index (χ3n) is 1.05. The van der Waals surface area contributed by atoms with E-state index in [1.807, 2.05) is 0 Å². The van der Waals surface area contributed by atoms with Crippen LogP contribution in [0.1, 0.15) is 0 Å². The number of carbonyl (C=O) groups excluding carboxylic acids is 1. The van der Waals surface area contributed by atoms with Gasteiger partial charge >= 0.3 is 0 Å². The summed E-state index contributed by atoms with van der Waals surface area (Å²) in [5.74, 6) is -0.106. The Hall–Kier alpha value is -1.02. The smallest absolute Gasteiger partial charge is 0.226 e. The van der Waals surface area contributed by atoms with Crippen LogP contribution < -0.4 is 0 Å². The van der Waals surface area contributed by atoms with Crippen molar-refractivity contribution < 1.29 is 4.79 Å². The Bertz CT molecular complexity index is 177. The molecule has 0 aromatic rings. The van der Waals surface area contributed by atoms with Crippen LogP contribution in [0.15, 0.2) is 5.11 Å². The Morgan fingerprint density at radius 3 is 2.60 bits per heavy atom. The fourth-order valence-electron chi connectivity index (χ4n) is 0.615. The molecular weight excluding hydrogens is 130 g/mol. The van der Waals surface area contributed by atoms with Crippen molar-refractivity contribution in [3.63, 3.8) is 0 Å². The summed E-state index contributed by atoms with van der Waals surface area (Å²) in [6.45, 7) is 0. The van der Waals surface area contributed by atoms with Gasteiger partial charge in [-0.25, -0.2) is 0 Å². The van der Waals surface area contributed by atoms with Gasteiger partial charge in [-0.1, -0.05) is 0 Å². The fourth-order valence-corrected chi connectivity index (χ4v) is 0.615. The van der Waals surface area contributed by atoms with Crippen LogP contribution >= 0.6 is 0 Å². The summed E-state index contributed by atoms with van der Waals surface area (Å²) in [4.78, 5) is 13.1. The number of carbonyl (C=O) groups is 1. The standard InChI is InChI=1S/C6H4N3O/c7-9-8-6(10)5-3-1-2-4-5/h1-4H. The van der Waals surface area contributed by atoms with Crippen molar-refractivity contribution in [3.8, 4) is 0 Å². The average molecular weight is 134 g/mol. The molecule has 1 amide bonds. The summed E-state index contributed by atoms with van der Waals surface area (Å²) in [5.41, 5.74) is 7.87. The minimum atomic E-state index is -0.535. The lowest BCUT2D eigenvalue weighted by molar-refractivity contribution is -0.115. The zero-order valence-corrected chi connectivity index (χ0v) is 5.06. The molecule has 4 nitrogen and oxygen atoms in total. The highest BCUT2D eigenvalue weighted by atomic mass is 16.1. The zero-order valence-electron chi connectivity index (χ0n) is 5.06. The van der Waals surface area contributed by atoms with E-state index in [-0.39, 0.29) is 0 Å². The molecule has 1 fully saturated rings. The second-order valence-electron chi connectivity index (χ2n) is 1.67. The van der Waals surface area contributed by atoms with Gasteiger partial charge in [-0.3, -0.25) is 4.79 Å². The third-order valence-corrected chi connectivity index (χ3v) is 1.05. The van der Waals surface area contributed by atoms with Gasteiger partial charge in [-0.05, 0) is 36.3 Å². The van der Waals surface area contributed by atoms with Crippen LogP contribution in [0.5, 0.6) is 0 Å². The molecule has 49 valence electrons. The maximum Gasteiger partial charge on any atom is 0.226 e. The summed E-state index contributed by atoms with van der Waals surface area (Å²) in [7, 11) is 0. The highest BCUT2D eigenvalue weighted by Gasteiger charge is 2.22. The first-order valence-corrected chi connectivity index (χ1v) is 2.66. The Kier molecular flexibility index (Phi) is 2.29. The van der Waals surface area contributed by atoms with Crippen molar-refractivity contribution in [2.24, 2.45) is 5.11 Å². The number of hydrogen-bond acceptors (Lipinski definition) is 1. The van der Waals surface area contributed by atoms with Gasteiger partial charge in [0, 0.05) is 4.91 Å². The molecule has 1 aliphatic rings. The molecule has 0 aliphatic heterocycles. The maximum absolute atomic E-state index is 10.7. The second kappa shape index (κ2) is 3.22. The van der Waals surface area contributed by atoms with E-state index in [9.17, 15) is 4.79 Å². The number of rotatable bonds is 1. The summed E-state index contributed by atoms with van der Waals surface area (Å²) in [6, 6.07) is 0. The highest BCUT2D eigenvalue weighted by molar-refractivity contribution is 5.96. The van der Waals surface area contributed by atoms with Crippen LogP contribution in [0, 0.1) is 31.6 Å². The Balaban J connectivity index is 2.47. The van der Waals surface area contributed by atoms with Crippen molar-refractivity contribution in [3.05, 3.63) is 42.0 Å². The Labute approximate surface area is 58.9 Å². The summed E-state index contributed by atoms with van der Waals surface area (Å²) < 4.78 is 0. The number of azide groups is 1. The van der Waals surface area contributed by atoms with Gasteiger partial charge in [0.05, 0.1) is 5.92 Å². The molecule has 0 aromatic heterocycles. The van der Waals surface area contributed by atoms with Crippen LogP contribution in [-0.4, -0.2) is 5.91 Å². The van der Waals surface area contributed by atoms with Gasteiger partial charge in [0.1, 0.15) is 0 Å². The molecule has 0 N–H and O–H groups in total. The molecule has 1 aliphatic carbocycles. The molecule has 0 bridgehead atoms. The van der Waals surface area contributed by atoms with Crippen LogP contribution in [0.4, 0.5) is 0 Å². The lowest BCUT2D eigenvalue weighted by Crippen LogP contribution is -2.04. The molecular formula is C6H4N3O. The van der Waals surface area contributed by atoms with E-state index in [4.69, 9.17) is 5.53 Å². The van der Waals surface area contributed by atoms with Crippen LogP contribution in [0.25, 0.3) is 10.4 Å². The third kappa shape index (κ3) is 1.48. The molecule has 0 heterocycles. The van der Waals surface area contributed by atoms with Gasteiger partial charge in [-0.15, -0.1) is 0 Å². The lowest BCUT2D eigenvalue weighted by Gasteiger charge is -1.96. The van der Waals surface area contributed by atoms with Crippen molar-refractivity contribution in [1.29, 1.82) is 0 Å². The summed E-state index contributed by atoms with van der Waals surface area (Å²) in [6.07, 6.45) is 6.61. The molecule has 0 aromatic carbocycles. The van der Waals surface area contributed by atoms with Gasteiger partial charge in [-0.2, -0.15) is 0 Å². The molecule has 1 rings (SSSR count). The zero-order chi connectivity index (χ0) is 7.40. The van der Waals surface area contributed by atoms with Crippen LogP contribution in [0.3, 0.4) is 0 Å². The normalized spacial score (nSPS) is 18.4. The lowest BCUT2D eigenvalue weighted by atomic mass is 10.1. The maximum atomic E-state index is 10.7. The quantitative estimate of drug-likeness (QED) is 0.302. The van der Waals surface area contributed by atoms with Gasteiger partial charge in [0.25, 0.3) is 0 Å². The number of hydrogen-bond donors (Lipinski definition) is 0. The van der Waals surface area contributed by atoms with Crippen molar-refractivity contribution in [2.75, 3.05) is 0 Å². The number of amides is 1. The van der Waals surface area contributed by atoms with Gasteiger partial charge in [0.2, 0.25) is 5.91 Å². The van der Waals surface area contributed by atoms with E-state index in [1.54, 1.807) is 25.7 Å². The van der Waals surface area contributed by atoms with Crippen LogP contribution in [-0.2, 0) is 4.79 Å². The monoisotopic (exact) mass is 134 g/mol. The molecule has 0 saturated heterocycles. The first-order chi connectivity index (χ1) is 4.84. The fraction of sp³-hybridized carbons (Fsp3) is 0. The minimum absolute atomic E-state index is 0.429. The molecule has 0 spiro atoms. The molecule has 5 radical (unpaired) electrons. The van der Waals surface area contributed by atoms with E-state index in [2.05, 4.69) is 10.0 Å². The van der Waals surface area contributed by atoms with E-state index in [1.165, 1.54) is 0 Å².